The molecule has 1 atom stereocenters. The number of hydrogen-bond acceptors (Lipinski definition) is 6. The molecule has 2 rings (SSSR count). The molecule has 1 unspecified atom stereocenters. The van der Waals surface area contributed by atoms with Crippen LogP contribution < -0.4 is 9.47 Å². The summed E-state index contributed by atoms with van der Waals surface area (Å²) in [5, 5.41) is 0. The van der Waals surface area contributed by atoms with Crippen LogP contribution in [0.15, 0.2) is 36.4 Å². The first-order valence-corrected chi connectivity index (χ1v) is 9.17. The molecule has 2 aromatic heterocycles. The van der Waals surface area contributed by atoms with Gasteiger partial charge in [-0.15, -0.1) is 0 Å². The summed E-state index contributed by atoms with van der Waals surface area (Å²) >= 11 is 4.41. The molecule has 2 aromatic rings. The number of thiol groups is 1. The Morgan fingerprint density at radius 3 is 2.36 bits per heavy atom. The lowest BCUT2D eigenvalue weighted by Crippen LogP contribution is -2.31. The van der Waals surface area contributed by atoms with Crippen molar-refractivity contribution in [2.45, 2.75) is 25.8 Å². The van der Waals surface area contributed by atoms with E-state index in [1.807, 2.05) is 36.4 Å². The molecule has 0 aliphatic heterocycles. The molecule has 0 amide bonds. The molecule has 25 heavy (non-hydrogen) atoms. The molecule has 2 heterocycles. The normalized spacial score (nSPS) is 12.2. The van der Waals surface area contributed by atoms with Crippen LogP contribution in [0.3, 0.4) is 0 Å². The summed E-state index contributed by atoms with van der Waals surface area (Å²) in [6.07, 6.45) is 1.93. The third kappa shape index (κ3) is 5.90. The van der Waals surface area contributed by atoms with Crippen molar-refractivity contribution < 1.29 is 9.47 Å². The maximum atomic E-state index is 5.24. The third-order valence-corrected chi connectivity index (χ3v) is 4.39. The Kier molecular flexibility index (Phi) is 8.01. The summed E-state index contributed by atoms with van der Waals surface area (Å²) in [6.45, 7) is 4.04. The van der Waals surface area contributed by atoms with Crippen LogP contribution >= 0.6 is 12.6 Å². The van der Waals surface area contributed by atoms with Gasteiger partial charge in [0.1, 0.15) is 0 Å². The highest BCUT2D eigenvalue weighted by atomic mass is 32.1. The SMILES string of the molecule is COc1cccc(CCCN(CCS)C(C)c2cccc(OC)n2)n1. The third-order valence-electron chi connectivity index (χ3n) is 4.19. The molecule has 136 valence electrons. The fraction of sp³-hybridized carbons (Fsp3) is 0.474. The Balaban J connectivity index is 1.97. The lowest BCUT2D eigenvalue weighted by Gasteiger charge is -2.28. The maximum Gasteiger partial charge on any atom is 0.213 e. The van der Waals surface area contributed by atoms with Gasteiger partial charge in [0.15, 0.2) is 0 Å². The van der Waals surface area contributed by atoms with Crippen molar-refractivity contribution in [1.82, 2.24) is 14.9 Å². The van der Waals surface area contributed by atoms with Gasteiger partial charge in [0, 0.05) is 36.2 Å². The largest absolute Gasteiger partial charge is 0.481 e. The van der Waals surface area contributed by atoms with Gasteiger partial charge in [0.25, 0.3) is 0 Å². The maximum absolute atomic E-state index is 5.24. The van der Waals surface area contributed by atoms with Crippen molar-refractivity contribution in [2.75, 3.05) is 33.1 Å². The molecule has 0 saturated carbocycles. The predicted molar refractivity (Wildman–Crippen MR) is 104 cm³/mol. The molecule has 0 saturated heterocycles. The van der Waals surface area contributed by atoms with Gasteiger partial charge in [-0.3, -0.25) is 4.90 Å². The summed E-state index contributed by atoms with van der Waals surface area (Å²) in [5.41, 5.74) is 2.07. The molecule has 0 aromatic carbocycles. The summed E-state index contributed by atoms with van der Waals surface area (Å²) < 4.78 is 10.4. The molecular weight excluding hydrogens is 334 g/mol. The average molecular weight is 362 g/mol. The summed E-state index contributed by atoms with van der Waals surface area (Å²) in [6, 6.07) is 12.0. The first-order chi connectivity index (χ1) is 12.2. The molecule has 0 aliphatic rings. The molecule has 0 radical (unpaired) electrons. The van der Waals surface area contributed by atoms with Crippen molar-refractivity contribution in [1.29, 1.82) is 0 Å². The molecular formula is C19H27N3O2S. The zero-order chi connectivity index (χ0) is 18.1. The van der Waals surface area contributed by atoms with E-state index in [1.54, 1.807) is 14.2 Å². The standard InChI is InChI=1S/C19H27N3O2S/c1-15(17-9-5-11-19(21-17)24-3)22(13-14-25)12-6-8-16-7-4-10-18(20-16)23-2/h4-5,7,9-11,15,25H,6,8,12-14H2,1-3H3. The van der Waals surface area contributed by atoms with Crippen molar-refractivity contribution in [3.05, 3.63) is 47.8 Å². The van der Waals surface area contributed by atoms with Crippen LogP contribution in [-0.2, 0) is 6.42 Å². The molecule has 0 bridgehead atoms. The molecule has 0 N–H and O–H groups in total. The van der Waals surface area contributed by atoms with E-state index < -0.39 is 0 Å². The Morgan fingerprint density at radius 2 is 1.68 bits per heavy atom. The van der Waals surface area contributed by atoms with Gasteiger partial charge in [-0.05, 0) is 38.4 Å². The molecule has 0 spiro atoms. The fourth-order valence-corrected chi connectivity index (χ4v) is 3.02. The van der Waals surface area contributed by atoms with Gasteiger partial charge in [0.2, 0.25) is 11.8 Å². The van der Waals surface area contributed by atoms with Crippen LogP contribution in [0.25, 0.3) is 0 Å². The van der Waals surface area contributed by atoms with Crippen molar-refractivity contribution in [3.8, 4) is 11.8 Å². The summed E-state index contributed by atoms with van der Waals surface area (Å²) in [7, 11) is 3.28. The predicted octanol–water partition coefficient (Wildman–Crippen LogP) is 3.42. The van der Waals surface area contributed by atoms with E-state index in [1.165, 1.54) is 0 Å². The zero-order valence-electron chi connectivity index (χ0n) is 15.2. The van der Waals surface area contributed by atoms with Gasteiger partial charge in [-0.1, -0.05) is 12.1 Å². The Labute approximate surface area is 155 Å². The summed E-state index contributed by atoms with van der Waals surface area (Å²) in [5.74, 6) is 2.13. The highest BCUT2D eigenvalue weighted by Gasteiger charge is 2.16. The van der Waals surface area contributed by atoms with Crippen LogP contribution in [0, 0.1) is 0 Å². The van der Waals surface area contributed by atoms with Gasteiger partial charge < -0.3 is 9.47 Å². The van der Waals surface area contributed by atoms with Crippen molar-refractivity contribution in [2.24, 2.45) is 0 Å². The van der Waals surface area contributed by atoms with E-state index in [9.17, 15) is 0 Å². The van der Waals surface area contributed by atoms with Crippen molar-refractivity contribution >= 4 is 12.6 Å². The van der Waals surface area contributed by atoms with Crippen LogP contribution in [0.2, 0.25) is 0 Å². The smallest absolute Gasteiger partial charge is 0.213 e. The van der Waals surface area contributed by atoms with E-state index in [0.717, 1.165) is 43.1 Å². The second-order valence-electron chi connectivity index (χ2n) is 5.82. The Morgan fingerprint density at radius 1 is 1.00 bits per heavy atom. The van der Waals surface area contributed by atoms with Crippen LogP contribution in [0.1, 0.15) is 30.8 Å². The molecule has 0 aliphatic carbocycles. The van der Waals surface area contributed by atoms with E-state index in [0.29, 0.717) is 11.8 Å². The van der Waals surface area contributed by atoms with E-state index >= 15 is 0 Å². The van der Waals surface area contributed by atoms with Crippen LogP contribution in [-0.4, -0.2) is 47.9 Å². The van der Waals surface area contributed by atoms with E-state index in [4.69, 9.17) is 9.47 Å². The summed E-state index contributed by atoms with van der Waals surface area (Å²) in [4.78, 5) is 11.4. The second kappa shape index (κ2) is 10.3. The van der Waals surface area contributed by atoms with Gasteiger partial charge in [0.05, 0.1) is 19.9 Å². The zero-order valence-corrected chi connectivity index (χ0v) is 16.1. The number of nitrogens with zero attached hydrogens (tertiary/aromatic N) is 3. The van der Waals surface area contributed by atoms with Gasteiger partial charge in [-0.2, -0.15) is 12.6 Å². The Hall–Kier alpha value is -1.79. The lowest BCUT2D eigenvalue weighted by molar-refractivity contribution is 0.216. The molecule has 0 fully saturated rings. The number of ether oxygens (including phenoxy) is 2. The van der Waals surface area contributed by atoms with Gasteiger partial charge >= 0.3 is 0 Å². The topological polar surface area (TPSA) is 47.5 Å². The number of aromatic nitrogens is 2. The number of methoxy groups -OCH3 is 2. The number of rotatable bonds is 10. The minimum Gasteiger partial charge on any atom is -0.481 e. The fourth-order valence-electron chi connectivity index (χ4n) is 2.77. The van der Waals surface area contributed by atoms with Gasteiger partial charge in [-0.25, -0.2) is 9.97 Å². The monoisotopic (exact) mass is 361 g/mol. The number of pyridine rings is 2. The Bertz CT molecular complexity index is 654. The molecule has 6 heteroatoms. The molecule has 5 nitrogen and oxygen atoms in total. The highest BCUT2D eigenvalue weighted by molar-refractivity contribution is 7.80. The first kappa shape index (κ1) is 19.5. The minimum absolute atomic E-state index is 0.209. The average Bonchev–Trinajstić information content (AvgIpc) is 2.67. The lowest BCUT2D eigenvalue weighted by atomic mass is 10.1. The minimum atomic E-state index is 0.209. The quantitative estimate of drug-likeness (QED) is 0.657. The highest BCUT2D eigenvalue weighted by Crippen LogP contribution is 2.21. The van der Waals surface area contributed by atoms with E-state index in [-0.39, 0.29) is 6.04 Å². The van der Waals surface area contributed by atoms with Crippen molar-refractivity contribution in [3.63, 3.8) is 0 Å². The number of hydrogen-bond donors (Lipinski definition) is 1. The number of aryl methyl sites for hydroxylation is 1. The first-order valence-electron chi connectivity index (χ1n) is 8.53. The van der Waals surface area contributed by atoms with E-state index in [2.05, 4.69) is 34.4 Å². The van der Waals surface area contributed by atoms with Crippen LogP contribution in [0.4, 0.5) is 0 Å². The van der Waals surface area contributed by atoms with Crippen LogP contribution in [0.5, 0.6) is 11.8 Å². The second-order valence-corrected chi connectivity index (χ2v) is 6.26.